The van der Waals surface area contributed by atoms with E-state index in [9.17, 15) is 4.79 Å². The highest BCUT2D eigenvalue weighted by atomic mass is 16.2. The Hall–Kier alpha value is -0.830. The number of ketones is 1. The second-order valence-electron chi connectivity index (χ2n) is 2.80. The number of aliphatic hydroxyl groups excluding tert-OH is 1. The first-order valence-corrected chi connectivity index (χ1v) is 4.20. The van der Waals surface area contributed by atoms with E-state index in [1.54, 1.807) is 6.08 Å². The molecule has 0 saturated carbocycles. The van der Waals surface area contributed by atoms with E-state index >= 15 is 0 Å². The molecule has 0 atom stereocenters. The summed E-state index contributed by atoms with van der Waals surface area (Å²) >= 11 is 0. The van der Waals surface area contributed by atoms with E-state index < -0.39 is 0 Å². The molecule has 0 aromatic heterocycles. The third-order valence-electron chi connectivity index (χ3n) is 1.41. The van der Waals surface area contributed by atoms with E-state index in [1.165, 1.54) is 6.92 Å². The fourth-order valence-electron chi connectivity index (χ4n) is 0.878. The van der Waals surface area contributed by atoms with Gasteiger partial charge in [0, 0.05) is 18.8 Å². The van der Waals surface area contributed by atoms with Gasteiger partial charge in [0.1, 0.15) is 0 Å². The van der Waals surface area contributed by atoms with Crippen molar-refractivity contribution in [1.29, 1.82) is 0 Å². The maximum atomic E-state index is 10.6. The SMILES string of the molecule is CC(=O)C=C(C)NCCCCO. The number of nitrogens with one attached hydrogen (secondary N) is 1. The highest BCUT2D eigenvalue weighted by molar-refractivity contribution is 5.87. The molecule has 0 unspecified atom stereocenters. The fraction of sp³-hybridized carbons (Fsp3) is 0.667. The molecule has 0 bridgehead atoms. The average molecular weight is 171 g/mol. The van der Waals surface area contributed by atoms with Crippen molar-refractivity contribution in [3.05, 3.63) is 11.8 Å². The van der Waals surface area contributed by atoms with Gasteiger partial charge < -0.3 is 10.4 Å². The van der Waals surface area contributed by atoms with Crippen LogP contribution in [0.1, 0.15) is 26.7 Å². The van der Waals surface area contributed by atoms with Crippen LogP contribution < -0.4 is 5.32 Å². The molecular formula is C9H17NO2. The lowest BCUT2D eigenvalue weighted by molar-refractivity contribution is -0.112. The molecule has 0 rings (SSSR count). The Balaban J connectivity index is 3.43. The summed E-state index contributed by atoms with van der Waals surface area (Å²) < 4.78 is 0. The molecule has 3 heteroatoms. The molecule has 12 heavy (non-hydrogen) atoms. The smallest absolute Gasteiger partial charge is 0.154 e. The fourth-order valence-corrected chi connectivity index (χ4v) is 0.878. The Kier molecular flexibility index (Phi) is 6.38. The molecule has 0 spiro atoms. The Morgan fingerprint density at radius 2 is 2.08 bits per heavy atom. The van der Waals surface area contributed by atoms with Crippen LogP contribution in [0.3, 0.4) is 0 Å². The van der Waals surface area contributed by atoms with Crippen LogP contribution >= 0.6 is 0 Å². The molecule has 0 amide bonds. The molecule has 0 saturated heterocycles. The maximum absolute atomic E-state index is 10.6. The summed E-state index contributed by atoms with van der Waals surface area (Å²) in [6, 6.07) is 0. The number of carbonyl (C=O) groups excluding carboxylic acids is 1. The van der Waals surface area contributed by atoms with E-state index in [1.807, 2.05) is 6.92 Å². The Labute approximate surface area is 73.5 Å². The first kappa shape index (κ1) is 11.2. The van der Waals surface area contributed by atoms with Crippen molar-refractivity contribution in [1.82, 2.24) is 5.32 Å². The zero-order chi connectivity index (χ0) is 9.40. The van der Waals surface area contributed by atoms with Gasteiger partial charge in [-0.15, -0.1) is 0 Å². The number of rotatable bonds is 6. The quantitative estimate of drug-likeness (QED) is 0.460. The molecule has 0 aromatic rings. The van der Waals surface area contributed by atoms with Crippen molar-refractivity contribution < 1.29 is 9.90 Å². The lowest BCUT2D eigenvalue weighted by Crippen LogP contribution is -2.13. The molecule has 0 radical (unpaired) electrons. The maximum Gasteiger partial charge on any atom is 0.154 e. The molecular weight excluding hydrogens is 154 g/mol. The van der Waals surface area contributed by atoms with Crippen molar-refractivity contribution in [3.8, 4) is 0 Å². The summed E-state index contributed by atoms with van der Waals surface area (Å²) in [6.45, 7) is 4.44. The van der Waals surface area contributed by atoms with Gasteiger partial charge in [0.05, 0.1) is 0 Å². The predicted molar refractivity (Wildman–Crippen MR) is 48.8 cm³/mol. The lowest BCUT2D eigenvalue weighted by Gasteiger charge is -2.04. The van der Waals surface area contributed by atoms with Crippen LogP contribution in [0, 0.1) is 0 Å². The predicted octanol–water partition coefficient (Wildman–Crippen LogP) is 0.841. The monoisotopic (exact) mass is 171 g/mol. The highest BCUT2D eigenvalue weighted by Gasteiger charge is 1.90. The van der Waals surface area contributed by atoms with Crippen LogP contribution in [0.2, 0.25) is 0 Å². The number of hydrogen-bond donors (Lipinski definition) is 2. The van der Waals surface area contributed by atoms with Crippen LogP contribution in [0.15, 0.2) is 11.8 Å². The third-order valence-corrected chi connectivity index (χ3v) is 1.41. The van der Waals surface area contributed by atoms with E-state index in [2.05, 4.69) is 5.32 Å². The standard InChI is InChI=1S/C9H17NO2/c1-8(7-9(2)12)10-5-3-4-6-11/h7,10-11H,3-6H2,1-2H3. The van der Waals surface area contributed by atoms with Crippen molar-refractivity contribution in [3.63, 3.8) is 0 Å². The second kappa shape index (κ2) is 6.85. The largest absolute Gasteiger partial charge is 0.396 e. The second-order valence-corrected chi connectivity index (χ2v) is 2.80. The summed E-state index contributed by atoms with van der Waals surface area (Å²) in [5.41, 5.74) is 0.889. The number of aliphatic hydroxyl groups is 1. The van der Waals surface area contributed by atoms with Crippen LogP contribution in [0.25, 0.3) is 0 Å². The Morgan fingerprint density at radius 3 is 2.58 bits per heavy atom. The number of carbonyl (C=O) groups is 1. The van der Waals surface area contributed by atoms with Crippen molar-refractivity contribution in [2.45, 2.75) is 26.7 Å². The van der Waals surface area contributed by atoms with Crippen LogP contribution in [0.5, 0.6) is 0 Å². The summed E-state index contributed by atoms with van der Waals surface area (Å²) in [7, 11) is 0. The highest BCUT2D eigenvalue weighted by Crippen LogP contribution is 1.90. The van der Waals surface area contributed by atoms with Crippen molar-refractivity contribution >= 4 is 5.78 Å². The number of hydrogen-bond acceptors (Lipinski definition) is 3. The first-order chi connectivity index (χ1) is 5.66. The molecule has 0 fully saturated rings. The first-order valence-electron chi connectivity index (χ1n) is 4.20. The summed E-state index contributed by atoms with van der Waals surface area (Å²) in [6.07, 6.45) is 3.30. The molecule has 0 heterocycles. The van der Waals surface area contributed by atoms with Crippen LogP contribution in [-0.2, 0) is 4.79 Å². The van der Waals surface area contributed by atoms with E-state index in [0.717, 1.165) is 25.1 Å². The zero-order valence-corrected chi connectivity index (χ0v) is 7.76. The van der Waals surface area contributed by atoms with E-state index in [0.29, 0.717) is 0 Å². The topological polar surface area (TPSA) is 49.3 Å². The van der Waals surface area contributed by atoms with E-state index in [-0.39, 0.29) is 12.4 Å². The molecule has 0 aliphatic rings. The van der Waals surface area contributed by atoms with Gasteiger partial charge in [-0.05, 0) is 32.8 Å². The third kappa shape index (κ3) is 7.28. The number of unbranched alkanes of at least 4 members (excludes halogenated alkanes) is 1. The van der Waals surface area contributed by atoms with Gasteiger partial charge >= 0.3 is 0 Å². The summed E-state index contributed by atoms with van der Waals surface area (Å²) in [5.74, 6) is 0.0576. The Bertz CT molecular complexity index is 164. The molecule has 0 aliphatic heterocycles. The minimum absolute atomic E-state index is 0.0576. The van der Waals surface area contributed by atoms with Gasteiger partial charge in [0.15, 0.2) is 5.78 Å². The lowest BCUT2D eigenvalue weighted by atomic mass is 10.3. The van der Waals surface area contributed by atoms with Crippen LogP contribution in [0.4, 0.5) is 0 Å². The molecule has 0 aliphatic carbocycles. The van der Waals surface area contributed by atoms with Gasteiger partial charge in [-0.3, -0.25) is 4.79 Å². The summed E-state index contributed by atoms with van der Waals surface area (Å²) in [4.78, 5) is 10.6. The Morgan fingerprint density at radius 1 is 1.42 bits per heavy atom. The van der Waals surface area contributed by atoms with Crippen LogP contribution in [-0.4, -0.2) is 24.0 Å². The average Bonchev–Trinajstić information content (AvgIpc) is 1.97. The molecule has 3 nitrogen and oxygen atoms in total. The van der Waals surface area contributed by atoms with Gasteiger partial charge in [-0.25, -0.2) is 0 Å². The van der Waals surface area contributed by atoms with E-state index in [4.69, 9.17) is 5.11 Å². The molecule has 70 valence electrons. The minimum atomic E-state index is 0.0576. The van der Waals surface area contributed by atoms with Gasteiger partial charge in [-0.1, -0.05) is 0 Å². The van der Waals surface area contributed by atoms with Gasteiger partial charge in [0.2, 0.25) is 0 Å². The molecule has 0 aromatic carbocycles. The number of allylic oxidation sites excluding steroid dienone is 2. The minimum Gasteiger partial charge on any atom is -0.396 e. The van der Waals surface area contributed by atoms with Gasteiger partial charge in [-0.2, -0.15) is 0 Å². The van der Waals surface area contributed by atoms with Crippen molar-refractivity contribution in [2.75, 3.05) is 13.2 Å². The molecule has 2 N–H and O–H groups in total. The zero-order valence-electron chi connectivity index (χ0n) is 7.76. The van der Waals surface area contributed by atoms with Gasteiger partial charge in [0.25, 0.3) is 0 Å². The summed E-state index contributed by atoms with van der Waals surface area (Å²) in [5, 5.41) is 11.6. The normalized spacial score (nSPS) is 11.4. The van der Waals surface area contributed by atoms with Crippen molar-refractivity contribution in [2.24, 2.45) is 0 Å².